The number of thiazole rings is 1. The second kappa shape index (κ2) is 8.43. The summed E-state index contributed by atoms with van der Waals surface area (Å²) in [6.07, 6.45) is -0.530. The number of carbonyl (C=O) groups excluding carboxylic acids is 1. The number of anilines is 1. The maximum absolute atomic E-state index is 13.3. The quantitative estimate of drug-likeness (QED) is 0.290. The van der Waals surface area contributed by atoms with E-state index in [2.05, 4.69) is 41.8 Å². The molecule has 166 valence electrons. The van der Waals surface area contributed by atoms with Crippen molar-refractivity contribution in [3.63, 3.8) is 0 Å². The van der Waals surface area contributed by atoms with Crippen LogP contribution in [0, 0.1) is 0 Å². The van der Waals surface area contributed by atoms with Crippen LogP contribution in [0.3, 0.4) is 0 Å². The summed E-state index contributed by atoms with van der Waals surface area (Å²) in [4.78, 5) is 20.0. The van der Waals surface area contributed by atoms with E-state index in [1.165, 1.54) is 5.39 Å². The van der Waals surface area contributed by atoms with Crippen LogP contribution in [0.15, 0.2) is 96.4 Å². The standard InChI is InChI=1S/C29H22N2O2S/c1-19-29(32)31(17-23-12-7-11-20-8-5-6-13-24(20)23)26-16-22(14-15-27(26)33-19)25-18-34-28(30-25)21-9-3-2-4-10-21/h2-16,18-19H,17H2,1H3. The van der Waals surface area contributed by atoms with E-state index in [4.69, 9.17) is 9.72 Å². The average molecular weight is 463 g/mol. The molecule has 4 nitrogen and oxygen atoms in total. The van der Waals surface area contributed by atoms with Crippen molar-refractivity contribution in [2.75, 3.05) is 4.90 Å². The molecule has 4 aromatic carbocycles. The number of nitrogens with zero attached hydrogens (tertiary/aromatic N) is 2. The van der Waals surface area contributed by atoms with Crippen LogP contribution < -0.4 is 9.64 Å². The summed E-state index contributed by atoms with van der Waals surface area (Å²) in [5.41, 5.74) is 4.84. The lowest BCUT2D eigenvalue weighted by atomic mass is 10.0. The molecule has 0 fully saturated rings. The maximum atomic E-state index is 13.3. The normalized spacial score (nSPS) is 15.3. The second-order valence-corrected chi connectivity index (χ2v) is 9.27. The summed E-state index contributed by atoms with van der Waals surface area (Å²) < 4.78 is 5.96. The molecule has 1 unspecified atom stereocenters. The molecule has 5 heteroatoms. The second-order valence-electron chi connectivity index (χ2n) is 8.41. The van der Waals surface area contributed by atoms with Crippen LogP contribution >= 0.6 is 11.3 Å². The molecule has 1 aliphatic heterocycles. The van der Waals surface area contributed by atoms with Gasteiger partial charge in [0, 0.05) is 16.5 Å². The van der Waals surface area contributed by atoms with Crippen LogP contribution in [-0.2, 0) is 11.3 Å². The van der Waals surface area contributed by atoms with Gasteiger partial charge in [0.15, 0.2) is 6.10 Å². The highest BCUT2D eigenvalue weighted by Crippen LogP contribution is 2.39. The number of aromatic nitrogens is 1. The molecule has 34 heavy (non-hydrogen) atoms. The van der Waals surface area contributed by atoms with Crippen molar-refractivity contribution in [1.29, 1.82) is 0 Å². The van der Waals surface area contributed by atoms with Gasteiger partial charge in [-0.2, -0.15) is 0 Å². The van der Waals surface area contributed by atoms with Gasteiger partial charge in [-0.3, -0.25) is 4.79 Å². The third-order valence-electron chi connectivity index (χ3n) is 6.20. The number of fused-ring (bicyclic) bond motifs is 2. The molecule has 6 rings (SSSR count). The van der Waals surface area contributed by atoms with Gasteiger partial charge in [-0.1, -0.05) is 72.8 Å². The topological polar surface area (TPSA) is 42.4 Å². The molecule has 0 saturated heterocycles. The summed E-state index contributed by atoms with van der Waals surface area (Å²) in [6, 6.07) is 30.7. The fraction of sp³-hybridized carbons (Fsp3) is 0.103. The van der Waals surface area contributed by atoms with E-state index in [0.717, 1.165) is 44.2 Å². The van der Waals surface area contributed by atoms with Crippen molar-refractivity contribution >= 4 is 33.7 Å². The van der Waals surface area contributed by atoms with E-state index in [1.807, 2.05) is 66.4 Å². The zero-order chi connectivity index (χ0) is 23.1. The molecule has 5 aromatic rings. The van der Waals surface area contributed by atoms with Gasteiger partial charge in [0.25, 0.3) is 5.91 Å². The zero-order valence-electron chi connectivity index (χ0n) is 18.6. The predicted molar refractivity (Wildman–Crippen MR) is 138 cm³/mol. The summed E-state index contributed by atoms with van der Waals surface area (Å²) >= 11 is 1.62. The van der Waals surface area contributed by atoms with Crippen molar-refractivity contribution < 1.29 is 9.53 Å². The van der Waals surface area contributed by atoms with Crippen molar-refractivity contribution in [3.8, 4) is 27.6 Å². The molecule has 1 aliphatic rings. The van der Waals surface area contributed by atoms with Crippen molar-refractivity contribution in [2.45, 2.75) is 19.6 Å². The highest BCUT2D eigenvalue weighted by molar-refractivity contribution is 7.13. The average Bonchev–Trinajstić information content (AvgIpc) is 3.38. The maximum Gasteiger partial charge on any atom is 0.268 e. The molecule has 0 aliphatic carbocycles. The third kappa shape index (κ3) is 3.64. The molecule has 0 bridgehead atoms. The molecule has 0 N–H and O–H groups in total. The van der Waals surface area contributed by atoms with Crippen LogP contribution in [0.25, 0.3) is 32.6 Å². The summed E-state index contributed by atoms with van der Waals surface area (Å²) in [5.74, 6) is 0.676. The fourth-order valence-electron chi connectivity index (χ4n) is 4.45. The summed E-state index contributed by atoms with van der Waals surface area (Å²) in [5, 5.41) is 5.36. The number of hydrogen-bond donors (Lipinski definition) is 0. The number of amides is 1. The molecule has 1 atom stereocenters. The molecule has 1 aromatic heterocycles. The molecule has 2 heterocycles. The highest BCUT2D eigenvalue weighted by Gasteiger charge is 2.32. The van der Waals surface area contributed by atoms with Crippen LogP contribution in [0.4, 0.5) is 5.69 Å². The molecule has 0 saturated carbocycles. The van der Waals surface area contributed by atoms with Crippen molar-refractivity contribution in [1.82, 2.24) is 4.98 Å². The van der Waals surface area contributed by atoms with E-state index in [-0.39, 0.29) is 5.91 Å². The van der Waals surface area contributed by atoms with Gasteiger partial charge in [-0.25, -0.2) is 4.98 Å². The Hall–Kier alpha value is -3.96. The Morgan fingerprint density at radius 2 is 1.71 bits per heavy atom. The minimum atomic E-state index is -0.530. The Morgan fingerprint density at radius 3 is 2.59 bits per heavy atom. The Labute approximate surface area is 202 Å². The molecular weight excluding hydrogens is 440 g/mol. The van der Waals surface area contributed by atoms with E-state index in [0.29, 0.717) is 6.54 Å². The van der Waals surface area contributed by atoms with Gasteiger partial charge in [-0.05, 0) is 41.5 Å². The highest BCUT2D eigenvalue weighted by atomic mass is 32.1. The van der Waals surface area contributed by atoms with Gasteiger partial charge >= 0.3 is 0 Å². The van der Waals surface area contributed by atoms with Crippen LogP contribution in [0.1, 0.15) is 12.5 Å². The van der Waals surface area contributed by atoms with E-state index < -0.39 is 6.10 Å². The SMILES string of the molecule is CC1Oc2ccc(-c3csc(-c4ccccc4)n3)cc2N(Cc2cccc3ccccc23)C1=O. The Balaban J connectivity index is 1.40. The van der Waals surface area contributed by atoms with Gasteiger partial charge in [0.05, 0.1) is 17.9 Å². The third-order valence-corrected chi connectivity index (χ3v) is 7.09. The van der Waals surface area contributed by atoms with Gasteiger partial charge < -0.3 is 9.64 Å². The lowest BCUT2D eigenvalue weighted by Gasteiger charge is -2.33. The minimum absolute atomic E-state index is 0.0409. The van der Waals surface area contributed by atoms with Crippen LogP contribution in [-0.4, -0.2) is 17.0 Å². The smallest absolute Gasteiger partial charge is 0.268 e. The summed E-state index contributed by atoms with van der Waals surface area (Å²) in [6.45, 7) is 2.29. The number of carbonyl (C=O) groups is 1. The monoisotopic (exact) mass is 462 g/mol. The van der Waals surface area contributed by atoms with Crippen LogP contribution in [0.2, 0.25) is 0 Å². The molecular formula is C29H22N2O2S. The first-order chi connectivity index (χ1) is 16.7. The number of hydrogen-bond acceptors (Lipinski definition) is 4. The van der Waals surface area contributed by atoms with Crippen LogP contribution in [0.5, 0.6) is 5.75 Å². The van der Waals surface area contributed by atoms with E-state index >= 15 is 0 Å². The van der Waals surface area contributed by atoms with Gasteiger partial charge in [0.1, 0.15) is 10.8 Å². The Kier molecular flexibility index (Phi) is 5.12. The molecule has 0 radical (unpaired) electrons. The zero-order valence-corrected chi connectivity index (χ0v) is 19.5. The summed E-state index contributed by atoms with van der Waals surface area (Å²) in [7, 11) is 0. The Morgan fingerprint density at radius 1 is 0.912 bits per heavy atom. The Bertz CT molecular complexity index is 1500. The predicted octanol–water partition coefficient (Wildman–Crippen LogP) is 6.94. The van der Waals surface area contributed by atoms with Gasteiger partial charge in [0.2, 0.25) is 0 Å². The lowest BCUT2D eigenvalue weighted by molar-refractivity contribution is -0.125. The first-order valence-corrected chi connectivity index (χ1v) is 12.2. The van der Waals surface area contributed by atoms with E-state index in [9.17, 15) is 4.79 Å². The van der Waals surface area contributed by atoms with E-state index in [1.54, 1.807) is 11.3 Å². The number of rotatable bonds is 4. The minimum Gasteiger partial charge on any atom is -0.479 e. The van der Waals surface area contributed by atoms with Crippen molar-refractivity contribution in [3.05, 3.63) is 102 Å². The van der Waals surface area contributed by atoms with Gasteiger partial charge in [-0.15, -0.1) is 11.3 Å². The fourth-order valence-corrected chi connectivity index (χ4v) is 5.29. The number of ether oxygens (including phenoxy) is 1. The number of benzene rings is 4. The molecule has 0 spiro atoms. The van der Waals surface area contributed by atoms with Crippen molar-refractivity contribution in [2.24, 2.45) is 0 Å². The largest absolute Gasteiger partial charge is 0.479 e. The first kappa shape index (κ1) is 20.6. The lowest BCUT2D eigenvalue weighted by Crippen LogP contribution is -2.44. The molecule has 1 amide bonds. The first-order valence-electron chi connectivity index (χ1n) is 11.3.